The van der Waals surface area contributed by atoms with Gasteiger partial charge in [0.1, 0.15) is 0 Å². The summed E-state index contributed by atoms with van der Waals surface area (Å²) < 4.78 is 0. The van der Waals surface area contributed by atoms with Crippen molar-refractivity contribution in [3.05, 3.63) is 41.4 Å². The largest absolute Gasteiger partial charge is 0.347 e. The number of anilines is 1. The van der Waals surface area contributed by atoms with Crippen LogP contribution in [0.25, 0.3) is 0 Å². The summed E-state index contributed by atoms with van der Waals surface area (Å²) in [4.78, 5) is 24.8. The first-order valence-electron chi connectivity index (χ1n) is 5.27. The highest BCUT2D eigenvalue weighted by atomic mass is 32.2. The molecule has 0 bridgehead atoms. The Morgan fingerprint density at radius 3 is 2.53 bits per heavy atom. The van der Waals surface area contributed by atoms with Crippen molar-refractivity contribution < 1.29 is 9.59 Å². The maximum atomic E-state index is 11.4. The molecule has 5 heteroatoms. The molecule has 1 heterocycles. The second kappa shape index (κ2) is 5.05. The van der Waals surface area contributed by atoms with Crippen molar-refractivity contribution in [3.8, 4) is 0 Å². The second-order valence-corrected chi connectivity index (χ2v) is 4.47. The molecule has 17 heavy (non-hydrogen) atoms. The van der Waals surface area contributed by atoms with Crippen LogP contribution in [-0.2, 0) is 4.79 Å². The Bertz CT molecular complexity index is 471. The molecule has 0 aliphatic carbocycles. The van der Waals surface area contributed by atoms with Crippen LogP contribution in [0.1, 0.15) is 6.92 Å². The Morgan fingerprint density at radius 1 is 1.29 bits per heavy atom. The molecular weight excluding hydrogens is 236 g/mol. The topological polar surface area (TPSA) is 49.4 Å². The normalized spacial score (nSPS) is 17.4. The summed E-state index contributed by atoms with van der Waals surface area (Å²) in [5.41, 5.74) is 0.996. The van der Waals surface area contributed by atoms with Gasteiger partial charge >= 0.3 is 0 Å². The fraction of sp³-hybridized carbons (Fsp3) is 0.167. The van der Waals surface area contributed by atoms with Gasteiger partial charge in [-0.25, -0.2) is 0 Å². The van der Waals surface area contributed by atoms with E-state index in [1.165, 1.54) is 0 Å². The molecule has 1 N–H and O–H groups in total. The summed E-state index contributed by atoms with van der Waals surface area (Å²) in [5.74, 6) is -0.325. The van der Waals surface area contributed by atoms with Crippen LogP contribution < -0.4 is 10.2 Å². The Morgan fingerprint density at radius 2 is 2.00 bits per heavy atom. The predicted octanol–water partition coefficient (Wildman–Crippen LogP) is 2.34. The van der Waals surface area contributed by atoms with Gasteiger partial charge in [-0.2, -0.15) is 0 Å². The average molecular weight is 248 g/mol. The van der Waals surface area contributed by atoms with Crippen LogP contribution >= 0.6 is 11.8 Å². The number of rotatable bonds is 3. The minimum Gasteiger partial charge on any atom is -0.347 e. The van der Waals surface area contributed by atoms with Crippen LogP contribution in [0, 0.1) is 0 Å². The Labute approximate surface area is 104 Å². The molecule has 2 amide bonds. The number of thioether (sulfide) groups is 1. The third kappa shape index (κ3) is 2.68. The van der Waals surface area contributed by atoms with Gasteiger partial charge in [-0.3, -0.25) is 14.9 Å². The van der Waals surface area contributed by atoms with E-state index in [0.717, 1.165) is 24.0 Å². The number of carbonyl (C=O) groups is 2. The number of amides is 2. The molecule has 1 aliphatic rings. The van der Waals surface area contributed by atoms with E-state index < -0.39 is 0 Å². The molecule has 0 atom stereocenters. The summed E-state index contributed by atoms with van der Waals surface area (Å²) in [6, 6.07) is 9.72. The van der Waals surface area contributed by atoms with Gasteiger partial charge in [-0.15, -0.1) is 0 Å². The van der Waals surface area contributed by atoms with Crippen LogP contribution in [0.2, 0.25) is 0 Å². The summed E-state index contributed by atoms with van der Waals surface area (Å²) in [6.45, 7) is 2.72. The van der Waals surface area contributed by atoms with E-state index in [1.807, 2.05) is 42.2 Å². The zero-order valence-electron chi connectivity index (χ0n) is 9.34. The van der Waals surface area contributed by atoms with Crippen LogP contribution in [0.3, 0.4) is 0 Å². The van der Waals surface area contributed by atoms with Gasteiger partial charge in [0.25, 0.3) is 11.1 Å². The Balaban J connectivity index is 2.24. The first-order chi connectivity index (χ1) is 8.20. The Kier molecular flexibility index (Phi) is 3.49. The molecule has 1 aromatic rings. The number of hydrogen-bond acceptors (Lipinski definition) is 4. The van der Waals surface area contributed by atoms with Gasteiger partial charge < -0.3 is 4.90 Å². The van der Waals surface area contributed by atoms with Crippen molar-refractivity contribution in [3.63, 3.8) is 0 Å². The molecule has 4 nitrogen and oxygen atoms in total. The fourth-order valence-electron chi connectivity index (χ4n) is 1.52. The maximum absolute atomic E-state index is 11.4. The van der Waals surface area contributed by atoms with Crippen molar-refractivity contribution >= 4 is 28.6 Å². The molecule has 1 aromatic carbocycles. The number of hydrogen-bond donors (Lipinski definition) is 1. The molecule has 0 saturated carbocycles. The summed E-state index contributed by atoms with van der Waals surface area (Å²) in [7, 11) is 0. The van der Waals surface area contributed by atoms with Gasteiger partial charge in [-0.05, 0) is 30.8 Å². The van der Waals surface area contributed by atoms with Crippen LogP contribution in [0.5, 0.6) is 0 Å². The lowest BCUT2D eigenvalue weighted by Gasteiger charge is -2.18. The molecule has 1 fully saturated rings. The van der Waals surface area contributed by atoms with E-state index in [9.17, 15) is 9.59 Å². The zero-order valence-corrected chi connectivity index (χ0v) is 10.2. The summed E-state index contributed by atoms with van der Waals surface area (Å²) in [6.07, 6.45) is 1.71. The lowest BCUT2D eigenvalue weighted by molar-refractivity contribution is -0.115. The van der Waals surface area contributed by atoms with E-state index in [-0.39, 0.29) is 11.1 Å². The highest BCUT2D eigenvalue weighted by Crippen LogP contribution is 2.25. The van der Waals surface area contributed by atoms with E-state index in [0.29, 0.717) is 4.91 Å². The number of nitrogens with zero attached hydrogens (tertiary/aromatic N) is 1. The first-order valence-corrected chi connectivity index (χ1v) is 6.09. The van der Waals surface area contributed by atoms with Crippen LogP contribution in [0.15, 0.2) is 41.4 Å². The van der Waals surface area contributed by atoms with E-state index >= 15 is 0 Å². The number of para-hydroxylation sites is 1. The Hall–Kier alpha value is -1.75. The summed E-state index contributed by atoms with van der Waals surface area (Å²) >= 11 is 0.932. The predicted molar refractivity (Wildman–Crippen MR) is 68.7 cm³/mol. The third-order valence-electron chi connectivity index (χ3n) is 2.34. The van der Waals surface area contributed by atoms with Crippen molar-refractivity contribution in [2.45, 2.75) is 6.92 Å². The molecule has 1 saturated heterocycles. The van der Waals surface area contributed by atoms with Gasteiger partial charge in [0, 0.05) is 18.4 Å². The second-order valence-electron chi connectivity index (χ2n) is 3.46. The smallest absolute Gasteiger partial charge is 0.290 e. The lowest BCUT2D eigenvalue weighted by atomic mass is 10.3. The number of benzene rings is 1. The molecule has 1 aliphatic heterocycles. The molecule has 0 aromatic heterocycles. The number of carbonyl (C=O) groups excluding carboxylic acids is 2. The zero-order chi connectivity index (χ0) is 12.3. The van der Waals surface area contributed by atoms with Crippen LogP contribution in [0.4, 0.5) is 10.5 Å². The van der Waals surface area contributed by atoms with E-state index in [4.69, 9.17) is 0 Å². The highest BCUT2D eigenvalue weighted by Gasteiger charge is 2.25. The average Bonchev–Trinajstić information content (AvgIpc) is 2.66. The molecule has 0 unspecified atom stereocenters. The van der Waals surface area contributed by atoms with Gasteiger partial charge in [0.2, 0.25) is 0 Å². The SMILES string of the molecule is CCN(/C=C1/SC(=O)NC1=O)c1ccccc1. The minimum absolute atomic E-state index is 0.314. The van der Waals surface area contributed by atoms with Crippen molar-refractivity contribution in [1.82, 2.24) is 5.32 Å². The quantitative estimate of drug-likeness (QED) is 0.834. The number of imide groups is 1. The molecule has 88 valence electrons. The lowest BCUT2D eigenvalue weighted by Crippen LogP contribution is -2.20. The molecule has 0 spiro atoms. The van der Waals surface area contributed by atoms with Crippen molar-refractivity contribution in [2.75, 3.05) is 11.4 Å². The third-order valence-corrected chi connectivity index (χ3v) is 3.14. The van der Waals surface area contributed by atoms with Gasteiger partial charge in [0.05, 0.1) is 4.91 Å². The highest BCUT2D eigenvalue weighted by molar-refractivity contribution is 8.18. The van der Waals surface area contributed by atoms with E-state index in [2.05, 4.69) is 5.32 Å². The molecule has 0 radical (unpaired) electrons. The minimum atomic E-state index is -0.325. The first kappa shape index (κ1) is 11.7. The van der Waals surface area contributed by atoms with E-state index in [1.54, 1.807) is 6.20 Å². The van der Waals surface area contributed by atoms with Crippen molar-refractivity contribution in [1.29, 1.82) is 0 Å². The van der Waals surface area contributed by atoms with Crippen molar-refractivity contribution in [2.24, 2.45) is 0 Å². The maximum Gasteiger partial charge on any atom is 0.290 e. The monoisotopic (exact) mass is 248 g/mol. The van der Waals surface area contributed by atoms with Crippen LogP contribution in [-0.4, -0.2) is 17.7 Å². The fourth-order valence-corrected chi connectivity index (χ4v) is 2.19. The van der Waals surface area contributed by atoms with Gasteiger partial charge in [-0.1, -0.05) is 18.2 Å². The molecular formula is C12H12N2O2S. The molecule has 2 rings (SSSR count). The standard InChI is InChI=1S/C12H12N2O2S/c1-2-14(9-6-4-3-5-7-9)8-10-11(15)13-12(16)17-10/h3-8H,2H2,1H3,(H,13,15,16)/b10-8+. The summed E-state index contributed by atoms with van der Waals surface area (Å²) in [5, 5.41) is 1.92. The number of nitrogens with one attached hydrogen (secondary N) is 1. The van der Waals surface area contributed by atoms with Gasteiger partial charge in [0.15, 0.2) is 0 Å².